The summed E-state index contributed by atoms with van der Waals surface area (Å²) in [5.41, 5.74) is 12.5. The molecule has 37 heavy (non-hydrogen) atoms. The third-order valence-corrected chi connectivity index (χ3v) is 8.14. The summed E-state index contributed by atoms with van der Waals surface area (Å²) in [6.07, 6.45) is 1.80. The number of aromatic nitrogens is 4. The van der Waals surface area contributed by atoms with Crippen LogP contribution in [-0.2, 0) is 7.05 Å². The Morgan fingerprint density at radius 1 is 0.892 bits per heavy atom. The van der Waals surface area contributed by atoms with Gasteiger partial charge in [-0.1, -0.05) is 59.9 Å². The average Bonchev–Trinajstić information content (AvgIpc) is 3.43. The molecular formula is C30H23N5OS. The van der Waals surface area contributed by atoms with Crippen LogP contribution in [0.1, 0.15) is 18.5 Å². The second-order valence-corrected chi connectivity index (χ2v) is 10.5. The zero-order valence-electron chi connectivity index (χ0n) is 20.3. The number of thiazole rings is 1. The first-order chi connectivity index (χ1) is 18.0. The number of imidazole rings is 1. The predicted molar refractivity (Wildman–Crippen MR) is 153 cm³/mol. The Bertz CT molecular complexity index is 2070. The number of fused-ring (bicyclic) bond motifs is 5. The molecule has 0 aliphatic heterocycles. The van der Waals surface area contributed by atoms with Crippen molar-refractivity contribution < 1.29 is 0 Å². The molecule has 180 valence electrons. The third-order valence-electron chi connectivity index (χ3n) is 7.30. The van der Waals surface area contributed by atoms with Crippen LogP contribution in [-0.4, -0.2) is 19.1 Å². The highest BCUT2D eigenvalue weighted by Gasteiger charge is 2.20. The highest BCUT2D eigenvalue weighted by molar-refractivity contribution is 7.22. The van der Waals surface area contributed by atoms with Crippen LogP contribution < -0.4 is 11.4 Å². The maximum Gasteiger partial charge on any atom is 0.329 e. The van der Waals surface area contributed by atoms with E-state index in [1.165, 1.54) is 16.7 Å². The normalized spacial score (nSPS) is 12.7. The number of hydrogen-bond donors (Lipinski definition) is 1. The third kappa shape index (κ3) is 3.35. The number of anilines is 1. The van der Waals surface area contributed by atoms with E-state index in [9.17, 15) is 4.79 Å². The topological polar surface area (TPSA) is 78.7 Å². The van der Waals surface area contributed by atoms with E-state index in [-0.39, 0.29) is 11.7 Å². The van der Waals surface area contributed by atoms with Crippen LogP contribution in [0.5, 0.6) is 0 Å². The number of hydrogen-bond acceptors (Lipinski definition) is 5. The van der Waals surface area contributed by atoms with Gasteiger partial charge in [-0.05, 0) is 64.7 Å². The number of nitrogens with two attached hydrogens (primary N) is 1. The fraction of sp³-hybridized carbons (Fsp3) is 0.100. The number of nitrogen functional groups attached to an aromatic ring is 1. The van der Waals surface area contributed by atoms with Gasteiger partial charge in [0.15, 0.2) is 5.13 Å². The first-order valence-corrected chi connectivity index (χ1v) is 12.9. The highest BCUT2D eigenvalue weighted by atomic mass is 32.1. The summed E-state index contributed by atoms with van der Waals surface area (Å²) in [6, 6.07) is 27.0. The second kappa shape index (κ2) is 8.01. The Kier molecular flexibility index (Phi) is 4.71. The minimum Gasteiger partial charge on any atom is -0.375 e. The molecule has 6 nitrogen and oxygen atoms in total. The largest absolute Gasteiger partial charge is 0.375 e. The van der Waals surface area contributed by atoms with Crippen LogP contribution in [0.4, 0.5) is 5.13 Å². The highest BCUT2D eigenvalue weighted by Crippen LogP contribution is 2.34. The SMILES string of the molecule is C[C@@H](c1ccc2ccccc2c1)n1c(=O)n(C)c2cnc3ccc(-c4ccc5nc(N)sc5c4)cc3c21. The van der Waals surface area contributed by atoms with E-state index in [1.807, 2.05) is 35.9 Å². The molecule has 7 rings (SSSR count). The van der Waals surface area contributed by atoms with Crippen molar-refractivity contribution >= 4 is 59.4 Å². The Labute approximate surface area is 216 Å². The van der Waals surface area contributed by atoms with E-state index >= 15 is 0 Å². The molecular weight excluding hydrogens is 478 g/mol. The lowest BCUT2D eigenvalue weighted by molar-refractivity contribution is 0.618. The molecule has 0 bridgehead atoms. The Hall–Kier alpha value is -4.49. The van der Waals surface area contributed by atoms with Gasteiger partial charge >= 0.3 is 5.69 Å². The molecule has 1 atom stereocenters. The Morgan fingerprint density at radius 2 is 1.65 bits per heavy atom. The predicted octanol–water partition coefficient (Wildman–Crippen LogP) is 6.51. The van der Waals surface area contributed by atoms with Crippen molar-refractivity contribution in [1.82, 2.24) is 19.1 Å². The molecule has 0 aliphatic rings. The first-order valence-electron chi connectivity index (χ1n) is 12.1. The maximum atomic E-state index is 13.6. The summed E-state index contributed by atoms with van der Waals surface area (Å²) in [5, 5.41) is 3.85. The number of aryl methyl sites for hydroxylation is 1. The van der Waals surface area contributed by atoms with Gasteiger partial charge < -0.3 is 5.73 Å². The van der Waals surface area contributed by atoms with Gasteiger partial charge in [-0.25, -0.2) is 9.78 Å². The van der Waals surface area contributed by atoms with E-state index in [0.29, 0.717) is 5.13 Å². The van der Waals surface area contributed by atoms with E-state index in [1.54, 1.807) is 10.8 Å². The van der Waals surface area contributed by atoms with Crippen molar-refractivity contribution in [3.05, 3.63) is 101 Å². The minimum absolute atomic E-state index is 0.0584. The van der Waals surface area contributed by atoms with Gasteiger partial charge in [0.25, 0.3) is 0 Å². The quantitative estimate of drug-likeness (QED) is 0.299. The summed E-state index contributed by atoms with van der Waals surface area (Å²) in [5.74, 6) is 0. The van der Waals surface area contributed by atoms with Crippen molar-refractivity contribution in [3.8, 4) is 11.1 Å². The Balaban J connectivity index is 1.46. The molecule has 4 aromatic carbocycles. The van der Waals surface area contributed by atoms with Crippen LogP contribution in [0.15, 0.2) is 89.9 Å². The number of rotatable bonds is 3. The molecule has 0 spiro atoms. The van der Waals surface area contributed by atoms with E-state index in [2.05, 4.69) is 71.5 Å². The van der Waals surface area contributed by atoms with Gasteiger partial charge in [-0.3, -0.25) is 14.1 Å². The van der Waals surface area contributed by atoms with Crippen molar-refractivity contribution in [3.63, 3.8) is 0 Å². The number of nitrogens with zero attached hydrogens (tertiary/aromatic N) is 4. The van der Waals surface area contributed by atoms with Gasteiger partial charge in [0.1, 0.15) is 0 Å². The fourth-order valence-corrected chi connectivity index (χ4v) is 6.08. The van der Waals surface area contributed by atoms with Gasteiger partial charge in [0.2, 0.25) is 0 Å². The minimum atomic E-state index is -0.161. The molecule has 7 aromatic rings. The smallest absolute Gasteiger partial charge is 0.329 e. The van der Waals surface area contributed by atoms with Crippen LogP contribution in [0, 0.1) is 0 Å². The summed E-state index contributed by atoms with van der Waals surface area (Å²) in [7, 11) is 1.81. The summed E-state index contributed by atoms with van der Waals surface area (Å²) >= 11 is 1.48. The lowest BCUT2D eigenvalue weighted by atomic mass is 10.0. The van der Waals surface area contributed by atoms with Crippen LogP contribution in [0.2, 0.25) is 0 Å². The van der Waals surface area contributed by atoms with Crippen LogP contribution in [0.25, 0.3) is 54.1 Å². The summed E-state index contributed by atoms with van der Waals surface area (Å²) in [6.45, 7) is 2.09. The zero-order valence-corrected chi connectivity index (χ0v) is 21.2. The molecule has 0 aliphatic carbocycles. The van der Waals surface area contributed by atoms with Crippen molar-refractivity contribution in [1.29, 1.82) is 0 Å². The molecule has 0 amide bonds. The fourth-order valence-electron chi connectivity index (χ4n) is 5.30. The molecule has 0 saturated carbocycles. The summed E-state index contributed by atoms with van der Waals surface area (Å²) < 4.78 is 4.64. The number of pyridine rings is 1. The number of benzene rings is 4. The monoisotopic (exact) mass is 501 g/mol. The van der Waals surface area contributed by atoms with E-state index in [0.717, 1.165) is 54.2 Å². The van der Waals surface area contributed by atoms with Crippen LogP contribution in [0.3, 0.4) is 0 Å². The molecule has 0 radical (unpaired) electrons. The standard InChI is InChI=1S/C30H23N5OS/c1-17(19-8-7-18-5-3-4-6-20(18)13-19)35-28-23-14-21(22-10-12-25-27(15-22)37-29(31)33-25)9-11-24(23)32-16-26(28)34(2)30(35)36/h3-17H,1-2H3,(H2,31,33)/t17-/m0/s1. The first kappa shape index (κ1) is 21.8. The van der Waals surface area contributed by atoms with Crippen LogP contribution >= 0.6 is 11.3 Å². The molecule has 0 saturated heterocycles. The van der Waals surface area contributed by atoms with Gasteiger partial charge in [0, 0.05) is 12.4 Å². The zero-order chi connectivity index (χ0) is 25.3. The molecule has 7 heteroatoms. The molecule has 3 aromatic heterocycles. The average molecular weight is 502 g/mol. The van der Waals surface area contributed by atoms with Gasteiger partial charge in [-0.15, -0.1) is 0 Å². The van der Waals surface area contributed by atoms with E-state index in [4.69, 9.17) is 5.73 Å². The Morgan fingerprint density at radius 3 is 2.49 bits per heavy atom. The van der Waals surface area contributed by atoms with Crippen molar-refractivity contribution in [2.24, 2.45) is 7.05 Å². The van der Waals surface area contributed by atoms with E-state index < -0.39 is 0 Å². The lowest BCUT2D eigenvalue weighted by Crippen LogP contribution is -2.25. The molecule has 0 fully saturated rings. The van der Waals surface area contributed by atoms with Gasteiger partial charge in [0.05, 0.1) is 39.0 Å². The molecule has 0 unspecified atom stereocenters. The van der Waals surface area contributed by atoms with Crippen molar-refractivity contribution in [2.45, 2.75) is 13.0 Å². The van der Waals surface area contributed by atoms with Gasteiger partial charge in [-0.2, -0.15) is 0 Å². The lowest BCUT2D eigenvalue weighted by Gasteiger charge is -2.16. The maximum absolute atomic E-state index is 13.6. The summed E-state index contributed by atoms with van der Waals surface area (Å²) in [4.78, 5) is 22.7. The second-order valence-electron chi connectivity index (χ2n) is 9.45. The molecule has 2 N–H and O–H groups in total. The van der Waals surface area contributed by atoms with Crippen molar-refractivity contribution in [2.75, 3.05) is 5.73 Å². The molecule has 3 heterocycles.